The topological polar surface area (TPSA) is 63.6 Å². The number of ether oxygens (including phenoxy) is 1. The maximum Gasteiger partial charge on any atom is 0.341 e. The van der Waals surface area contributed by atoms with Crippen molar-refractivity contribution in [3.05, 3.63) is 29.8 Å². The third-order valence-electron chi connectivity index (χ3n) is 1.62. The van der Waals surface area contributed by atoms with Crippen molar-refractivity contribution in [2.45, 2.75) is 6.92 Å². The van der Waals surface area contributed by atoms with Crippen LogP contribution in [-0.4, -0.2) is 23.5 Å². The quantitative estimate of drug-likeness (QED) is 0.735. The summed E-state index contributed by atoms with van der Waals surface area (Å²) >= 11 is 0. The van der Waals surface area contributed by atoms with Crippen molar-refractivity contribution >= 4 is 11.8 Å². The molecule has 0 spiro atoms. The molecular weight excluding hydrogens is 184 g/mol. The van der Waals surface area contributed by atoms with Crippen LogP contribution in [0.4, 0.5) is 0 Å². The number of carbonyl (C=O) groups is 2. The molecule has 1 aromatic carbocycles. The predicted octanol–water partition coefficient (Wildman–Crippen LogP) is 1.35. The van der Waals surface area contributed by atoms with E-state index in [2.05, 4.69) is 0 Å². The molecule has 0 aliphatic heterocycles. The Morgan fingerprint density at radius 2 is 2.00 bits per heavy atom. The fourth-order valence-corrected chi connectivity index (χ4v) is 1.02. The molecule has 0 aliphatic rings. The van der Waals surface area contributed by atoms with Crippen molar-refractivity contribution in [3.63, 3.8) is 0 Å². The molecule has 0 aromatic heterocycles. The lowest BCUT2D eigenvalue weighted by molar-refractivity contribution is -0.139. The number of hydrogen-bond acceptors (Lipinski definition) is 3. The first-order valence-electron chi connectivity index (χ1n) is 4.06. The molecule has 1 rings (SSSR count). The van der Waals surface area contributed by atoms with E-state index in [9.17, 15) is 9.59 Å². The van der Waals surface area contributed by atoms with E-state index in [0.717, 1.165) is 0 Å². The molecule has 4 nitrogen and oxygen atoms in total. The summed E-state index contributed by atoms with van der Waals surface area (Å²) in [7, 11) is 0. The molecule has 0 heterocycles. The van der Waals surface area contributed by atoms with Crippen molar-refractivity contribution in [2.24, 2.45) is 0 Å². The van der Waals surface area contributed by atoms with E-state index in [4.69, 9.17) is 9.84 Å². The molecule has 1 aromatic rings. The van der Waals surface area contributed by atoms with E-state index < -0.39 is 12.6 Å². The van der Waals surface area contributed by atoms with Gasteiger partial charge in [0.15, 0.2) is 12.4 Å². The van der Waals surface area contributed by atoms with Crippen LogP contribution in [0.3, 0.4) is 0 Å². The van der Waals surface area contributed by atoms with Gasteiger partial charge in [0.2, 0.25) is 0 Å². The molecule has 14 heavy (non-hydrogen) atoms. The second-order valence-electron chi connectivity index (χ2n) is 2.73. The van der Waals surface area contributed by atoms with Crippen LogP contribution in [0.1, 0.15) is 17.3 Å². The summed E-state index contributed by atoms with van der Waals surface area (Å²) in [6, 6.07) is 6.55. The van der Waals surface area contributed by atoms with Gasteiger partial charge in [0.1, 0.15) is 5.75 Å². The lowest BCUT2D eigenvalue weighted by atomic mass is 10.1. The van der Waals surface area contributed by atoms with Crippen molar-refractivity contribution in [1.82, 2.24) is 0 Å². The van der Waals surface area contributed by atoms with E-state index >= 15 is 0 Å². The van der Waals surface area contributed by atoms with Crippen LogP contribution in [-0.2, 0) is 4.79 Å². The van der Waals surface area contributed by atoms with Gasteiger partial charge in [0.05, 0.1) is 5.56 Å². The number of hydrogen-bond donors (Lipinski definition) is 1. The Labute approximate surface area is 81.1 Å². The first-order chi connectivity index (χ1) is 6.61. The maximum atomic E-state index is 11.1. The molecule has 0 saturated carbocycles. The zero-order chi connectivity index (χ0) is 10.6. The minimum Gasteiger partial charge on any atom is -0.481 e. The van der Waals surface area contributed by atoms with Crippen molar-refractivity contribution in [3.8, 4) is 5.75 Å². The normalized spacial score (nSPS) is 9.50. The fourth-order valence-electron chi connectivity index (χ4n) is 1.02. The summed E-state index contributed by atoms with van der Waals surface area (Å²) in [5.41, 5.74) is 0.397. The minimum absolute atomic E-state index is 0.147. The highest BCUT2D eigenvalue weighted by Crippen LogP contribution is 2.17. The van der Waals surface area contributed by atoms with Gasteiger partial charge in [-0.2, -0.15) is 0 Å². The number of para-hydroxylation sites is 1. The molecule has 0 atom stereocenters. The molecule has 4 heteroatoms. The monoisotopic (exact) mass is 194 g/mol. The van der Waals surface area contributed by atoms with Crippen molar-refractivity contribution in [2.75, 3.05) is 6.61 Å². The summed E-state index contributed by atoms with van der Waals surface area (Å²) < 4.78 is 4.94. The molecule has 0 radical (unpaired) electrons. The highest BCUT2D eigenvalue weighted by Gasteiger charge is 2.08. The molecule has 0 unspecified atom stereocenters. The van der Waals surface area contributed by atoms with Gasteiger partial charge >= 0.3 is 5.97 Å². The van der Waals surface area contributed by atoms with Crippen molar-refractivity contribution in [1.29, 1.82) is 0 Å². The van der Waals surface area contributed by atoms with Crippen LogP contribution in [0, 0.1) is 0 Å². The number of rotatable bonds is 4. The van der Waals surface area contributed by atoms with Gasteiger partial charge in [-0.1, -0.05) is 12.1 Å². The second-order valence-corrected chi connectivity index (χ2v) is 2.73. The largest absolute Gasteiger partial charge is 0.481 e. The number of carboxylic acids is 1. The third-order valence-corrected chi connectivity index (χ3v) is 1.62. The average Bonchev–Trinajstić information content (AvgIpc) is 2.15. The number of ketones is 1. The molecule has 0 saturated heterocycles. The molecule has 0 fully saturated rings. The van der Waals surface area contributed by atoms with Gasteiger partial charge in [0.25, 0.3) is 0 Å². The van der Waals surface area contributed by atoms with E-state index in [0.29, 0.717) is 11.3 Å². The SMILES string of the molecule is CC(=O)c1ccccc1OCC(=O)O. The molecule has 0 aliphatic carbocycles. The molecule has 0 bridgehead atoms. The lowest BCUT2D eigenvalue weighted by Crippen LogP contribution is -2.11. The molecular formula is C10H10O4. The fraction of sp³-hybridized carbons (Fsp3) is 0.200. The third kappa shape index (κ3) is 2.58. The summed E-state index contributed by atoms with van der Waals surface area (Å²) in [5, 5.41) is 8.39. The average molecular weight is 194 g/mol. The first kappa shape index (κ1) is 10.2. The van der Waals surface area contributed by atoms with Crippen LogP contribution in [0.5, 0.6) is 5.75 Å². The Hall–Kier alpha value is -1.84. The standard InChI is InChI=1S/C10H10O4/c1-7(11)8-4-2-3-5-9(8)14-6-10(12)13/h2-5H,6H2,1H3,(H,12,13). The first-order valence-corrected chi connectivity index (χ1v) is 4.06. The van der Waals surface area contributed by atoms with Gasteiger partial charge in [-0.3, -0.25) is 4.79 Å². The molecule has 74 valence electrons. The minimum atomic E-state index is -1.07. The van der Waals surface area contributed by atoms with E-state index in [1.54, 1.807) is 24.3 Å². The van der Waals surface area contributed by atoms with Gasteiger partial charge in [-0.15, -0.1) is 0 Å². The van der Waals surface area contributed by atoms with Gasteiger partial charge in [-0.25, -0.2) is 4.79 Å². The predicted molar refractivity (Wildman–Crippen MR) is 49.6 cm³/mol. The number of carboxylic acid groups (broad SMARTS) is 1. The second kappa shape index (κ2) is 4.41. The summed E-state index contributed by atoms with van der Waals surface area (Å²) in [6.07, 6.45) is 0. The van der Waals surface area contributed by atoms with Crippen LogP contribution in [0.2, 0.25) is 0 Å². The number of carbonyl (C=O) groups excluding carboxylic acids is 1. The van der Waals surface area contributed by atoms with Crippen LogP contribution in [0.15, 0.2) is 24.3 Å². The Balaban J connectivity index is 2.84. The number of aliphatic carboxylic acids is 1. The highest BCUT2D eigenvalue weighted by atomic mass is 16.5. The summed E-state index contributed by atoms with van der Waals surface area (Å²) in [6.45, 7) is 0.966. The lowest BCUT2D eigenvalue weighted by Gasteiger charge is -2.06. The summed E-state index contributed by atoms with van der Waals surface area (Å²) in [4.78, 5) is 21.3. The van der Waals surface area contributed by atoms with Gasteiger partial charge < -0.3 is 9.84 Å². The molecule has 1 N–H and O–H groups in total. The van der Waals surface area contributed by atoms with Crippen molar-refractivity contribution < 1.29 is 19.4 Å². The highest BCUT2D eigenvalue weighted by molar-refractivity contribution is 5.96. The van der Waals surface area contributed by atoms with Crippen LogP contribution >= 0.6 is 0 Å². The zero-order valence-electron chi connectivity index (χ0n) is 7.69. The maximum absolute atomic E-state index is 11.1. The van der Waals surface area contributed by atoms with E-state index in [1.807, 2.05) is 0 Å². The number of Topliss-reactive ketones (excluding diaryl/α,β-unsaturated/α-hetero) is 1. The smallest absolute Gasteiger partial charge is 0.341 e. The Morgan fingerprint density at radius 1 is 1.36 bits per heavy atom. The van der Waals surface area contributed by atoms with Gasteiger partial charge in [0, 0.05) is 0 Å². The van der Waals surface area contributed by atoms with E-state index in [1.165, 1.54) is 6.92 Å². The Morgan fingerprint density at radius 3 is 2.57 bits per heavy atom. The summed E-state index contributed by atoms with van der Waals surface area (Å²) in [5.74, 6) is -0.906. The van der Waals surface area contributed by atoms with Crippen LogP contribution < -0.4 is 4.74 Å². The molecule has 0 amide bonds. The Bertz CT molecular complexity index is 357. The Kier molecular flexibility index (Phi) is 3.23. The van der Waals surface area contributed by atoms with Crippen LogP contribution in [0.25, 0.3) is 0 Å². The van der Waals surface area contributed by atoms with E-state index in [-0.39, 0.29) is 5.78 Å². The zero-order valence-corrected chi connectivity index (χ0v) is 7.69. The number of benzene rings is 1. The van der Waals surface area contributed by atoms with Gasteiger partial charge in [-0.05, 0) is 19.1 Å².